The number of fused-ring (bicyclic) bond motifs is 1. The molecular weight excluding hydrogens is 452 g/mol. The van der Waals surface area contributed by atoms with Crippen LogP contribution >= 0.6 is 23.1 Å². The van der Waals surface area contributed by atoms with Gasteiger partial charge in [0.05, 0.1) is 11.8 Å². The Kier molecular flexibility index (Phi) is 6.61. The summed E-state index contributed by atoms with van der Waals surface area (Å²) in [5, 5.41) is 17.2. The molecule has 2 amide bonds. The van der Waals surface area contributed by atoms with Gasteiger partial charge in [0.2, 0.25) is 12.7 Å². The van der Waals surface area contributed by atoms with Gasteiger partial charge in [-0.3, -0.25) is 9.59 Å². The van der Waals surface area contributed by atoms with E-state index in [9.17, 15) is 9.59 Å². The molecule has 1 aliphatic rings. The van der Waals surface area contributed by atoms with E-state index in [0.29, 0.717) is 33.2 Å². The first-order chi connectivity index (χ1) is 15.4. The van der Waals surface area contributed by atoms with Crippen LogP contribution in [0.4, 0.5) is 5.13 Å². The summed E-state index contributed by atoms with van der Waals surface area (Å²) in [5.41, 5.74) is 0.468. The van der Waals surface area contributed by atoms with E-state index in [-0.39, 0.29) is 36.3 Å². The number of rotatable bonds is 8. The summed E-state index contributed by atoms with van der Waals surface area (Å²) < 4.78 is 12.5. The van der Waals surface area contributed by atoms with Crippen LogP contribution in [-0.4, -0.2) is 44.1 Å². The monoisotopic (exact) mass is 474 g/mol. The van der Waals surface area contributed by atoms with Crippen molar-refractivity contribution in [2.24, 2.45) is 13.0 Å². The lowest BCUT2D eigenvalue weighted by molar-refractivity contribution is -0.113. The molecule has 168 valence electrons. The molecule has 0 aliphatic carbocycles. The van der Waals surface area contributed by atoms with E-state index in [4.69, 9.17) is 9.47 Å². The maximum atomic E-state index is 12.9. The van der Waals surface area contributed by atoms with Gasteiger partial charge in [-0.1, -0.05) is 25.6 Å². The molecule has 32 heavy (non-hydrogen) atoms. The minimum atomic E-state index is -0.371. The highest BCUT2D eigenvalue weighted by Crippen LogP contribution is 2.33. The van der Waals surface area contributed by atoms with Gasteiger partial charge in [0.25, 0.3) is 5.91 Å². The number of nitrogens with zero attached hydrogens (tertiary/aromatic N) is 4. The Balaban J connectivity index is 1.42. The summed E-state index contributed by atoms with van der Waals surface area (Å²) in [4.78, 5) is 29.1. The van der Waals surface area contributed by atoms with E-state index in [1.54, 1.807) is 34.3 Å². The zero-order chi connectivity index (χ0) is 22.7. The number of anilines is 1. The van der Waals surface area contributed by atoms with Gasteiger partial charge in [-0.05, 0) is 24.1 Å². The zero-order valence-electron chi connectivity index (χ0n) is 17.7. The maximum Gasteiger partial charge on any atom is 0.252 e. The number of benzene rings is 1. The van der Waals surface area contributed by atoms with Crippen LogP contribution in [0.1, 0.15) is 36.1 Å². The molecule has 0 bridgehead atoms. The lowest BCUT2D eigenvalue weighted by Crippen LogP contribution is -2.33. The molecule has 4 rings (SSSR count). The molecule has 2 N–H and O–H groups in total. The quantitative estimate of drug-likeness (QED) is 0.478. The predicted molar refractivity (Wildman–Crippen MR) is 120 cm³/mol. The van der Waals surface area contributed by atoms with E-state index < -0.39 is 0 Å². The van der Waals surface area contributed by atoms with E-state index in [1.807, 2.05) is 20.9 Å². The zero-order valence-corrected chi connectivity index (χ0v) is 19.3. The highest BCUT2D eigenvalue weighted by Gasteiger charge is 2.26. The van der Waals surface area contributed by atoms with Crippen LogP contribution in [0.2, 0.25) is 0 Å². The molecule has 1 aliphatic heterocycles. The fraction of sp³-hybridized carbons (Fsp3) is 0.350. The molecule has 1 atom stereocenters. The van der Waals surface area contributed by atoms with Gasteiger partial charge in [-0.15, -0.1) is 21.5 Å². The van der Waals surface area contributed by atoms with Crippen LogP contribution < -0.4 is 20.1 Å². The van der Waals surface area contributed by atoms with Crippen LogP contribution in [0.3, 0.4) is 0 Å². The molecule has 0 saturated heterocycles. The van der Waals surface area contributed by atoms with Crippen LogP contribution in [-0.2, 0) is 11.8 Å². The number of thioether (sulfide) groups is 1. The molecule has 0 spiro atoms. The summed E-state index contributed by atoms with van der Waals surface area (Å²) in [5.74, 6) is 1.58. The van der Waals surface area contributed by atoms with Gasteiger partial charge < -0.3 is 24.7 Å². The molecule has 10 nitrogen and oxygen atoms in total. The first-order valence-corrected chi connectivity index (χ1v) is 11.7. The van der Waals surface area contributed by atoms with E-state index in [2.05, 4.69) is 25.8 Å². The van der Waals surface area contributed by atoms with Crippen LogP contribution in [0.5, 0.6) is 11.5 Å². The Labute approximate surface area is 192 Å². The Morgan fingerprint density at radius 3 is 2.81 bits per heavy atom. The Morgan fingerprint density at radius 1 is 1.25 bits per heavy atom. The third kappa shape index (κ3) is 4.86. The van der Waals surface area contributed by atoms with Gasteiger partial charge in [0.1, 0.15) is 0 Å². The number of hydrogen-bond donors (Lipinski definition) is 2. The number of carbonyl (C=O) groups excluding carboxylic acids is 2. The normalized spacial score (nSPS) is 13.2. The largest absolute Gasteiger partial charge is 0.454 e. The standard InChI is InChI=1S/C20H22N6O4S2/c1-11(2)16(23-18(28)12-4-5-13-14(8-12)30-10-29-13)17-24-25-20(26(17)3)32-9-15(27)22-19-21-6-7-31-19/h4-8,11,16H,9-10H2,1-3H3,(H,23,28)(H,21,22,27). The number of aromatic nitrogens is 4. The summed E-state index contributed by atoms with van der Waals surface area (Å²) in [6.07, 6.45) is 1.63. The average molecular weight is 475 g/mol. The molecule has 0 radical (unpaired) electrons. The molecule has 2 aromatic heterocycles. The highest BCUT2D eigenvalue weighted by atomic mass is 32.2. The average Bonchev–Trinajstić information content (AvgIpc) is 3.51. The Bertz CT molecular complexity index is 1120. The fourth-order valence-electron chi connectivity index (χ4n) is 3.09. The minimum absolute atomic E-state index is 0.0573. The van der Waals surface area contributed by atoms with Crippen molar-refractivity contribution in [3.05, 3.63) is 41.2 Å². The van der Waals surface area contributed by atoms with E-state index >= 15 is 0 Å². The Morgan fingerprint density at radius 2 is 2.06 bits per heavy atom. The van der Waals surface area contributed by atoms with E-state index in [1.165, 1.54) is 23.1 Å². The molecule has 3 heterocycles. The molecule has 3 aromatic rings. The number of amides is 2. The molecule has 1 aromatic carbocycles. The third-order valence-electron chi connectivity index (χ3n) is 4.75. The van der Waals surface area contributed by atoms with Crippen molar-refractivity contribution in [3.8, 4) is 11.5 Å². The number of thiazole rings is 1. The number of nitrogens with one attached hydrogen (secondary N) is 2. The first kappa shape index (κ1) is 22.1. The summed E-state index contributed by atoms with van der Waals surface area (Å²) in [6.45, 7) is 4.14. The second kappa shape index (κ2) is 9.57. The topological polar surface area (TPSA) is 120 Å². The van der Waals surface area contributed by atoms with Gasteiger partial charge in [-0.2, -0.15) is 0 Å². The number of ether oxygens (including phenoxy) is 2. The van der Waals surface area contributed by atoms with Crippen molar-refractivity contribution in [2.45, 2.75) is 25.0 Å². The van der Waals surface area contributed by atoms with Gasteiger partial charge in [0.15, 0.2) is 27.6 Å². The van der Waals surface area contributed by atoms with E-state index in [0.717, 1.165) is 0 Å². The second-order valence-corrected chi connectivity index (χ2v) is 9.17. The molecule has 12 heteroatoms. The summed E-state index contributed by atoms with van der Waals surface area (Å²) in [7, 11) is 1.82. The lowest BCUT2D eigenvalue weighted by Gasteiger charge is -2.21. The number of hydrogen-bond acceptors (Lipinski definition) is 9. The van der Waals surface area contributed by atoms with Gasteiger partial charge in [-0.25, -0.2) is 4.98 Å². The summed E-state index contributed by atoms with van der Waals surface area (Å²) >= 11 is 2.62. The first-order valence-electron chi connectivity index (χ1n) is 9.84. The SMILES string of the molecule is CC(C)C(NC(=O)c1ccc2c(c1)OCO2)c1nnc(SCC(=O)Nc2nccs2)n1C. The predicted octanol–water partition coefficient (Wildman–Crippen LogP) is 2.86. The van der Waals surface area contributed by atoms with Crippen LogP contribution in [0.15, 0.2) is 34.9 Å². The molecule has 0 saturated carbocycles. The molecular formula is C20H22N6O4S2. The Hall–Kier alpha value is -3.12. The van der Waals surface area contributed by atoms with Crippen molar-refractivity contribution in [1.82, 2.24) is 25.1 Å². The van der Waals surface area contributed by atoms with Crippen molar-refractivity contribution in [1.29, 1.82) is 0 Å². The minimum Gasteiger partial charge on any atom is -0.454 e. The maximum absolute atomic E-state index is 12.9. The highest BCUT2D eigenvalue weighted by molar-refractivity contribution is 7.99. The number of carbonyl (C=O) groups is 2. The van der Waals surface area contributed by atoms with Crippen molar-refractivity contribution >= 4 is 40.0 Å². The summed E-state index contributed by atoms with van der Waals surface area (Å²) in [6, 6.07) is 4.70. The second-order valence-electron chi connectivity index (χ2n) is 7.34. The van der Waals surface area contributed by atoms with Crippen LogP contribution in [0.25, 0.3) is 0 Å². The van der Waals surface area contributed by atoms with Crippen LogP contribution in [0, 0.1) is 5.92 Å². The third-order valence-corrected chi connectivity index (χ3v) is 6.45. The molecule has 0 fully saturated rings. The molecule has 1 unspecified atom stereocenters. The van der Waals surface area contributed by atoms with Gasteiger partial charge in [0, 0.05) is 24.2 Å². The smallest absolute Gasteiger partial charge is 0.252 e. The van der Waals surface area contributed by atoms with Gasteiger partial charge >= 0.3 is 0 Å². The lowest BCUT2D eigenvalue weighted by atomic mass is 10.0. The van der Waals surface area contributed by atoms with Crippen molar-refractivity contribution in [2.75, 3.05) is 17.9 Å². The van der Waals surface area contributed by atoms with Crippen molar-refractivity contribution in [3.63, 3.8) is 0 Å². The fourth-order valence-corrected chi connectivity index (χ4v) is 4.35. The van der Waals surface area contributed by atoms with Crippen molar-refractivity contribution < 1.29 is 19.1 Å².